The van der Waals surface area contributed by atoms with Crippen molar-refractivity contribution in [1.29, 1.82) is 0 Å². The van der Waals surface area contributed by atoms with Gasteiger partial charge >= 0.3 is 5.97 Å². The van der Waals surface area contributed by atoms with Crippen molar-refractivity contribution in [3.8, 4) is 0 Å². The molecule has 0 spiro atoms. The Labute approximate surface area is 106 Å². The molecule has 1 N–H and O–H groups in total. The van der Waals surface area contributed by atoms with Gasteiger partial charge in [-0.05, 0) is 37.1 Å². The van der Waals surface area contributed by atoms with Crippen LogP contribution in [0.4, 0.5) is 0 Å². The Morgan fingerprint density at radius 3 is 2.76 bits per heavy atom. The van der Waals surface area contributed by atoms with Gasteiger partial charge in [-0.1, -0.05) is 30.2 Å². The van der Waals surface area contributed by atoms with Gasteiger partial charge in [0.25, 0.3) is 0 Å². The van der Waals surface area contributed by atoms with E-state index in [1.165, 1.54) is 0 Å². The van der Waals surface area contributed by atoms with Crippen molar-refractivity contribution in [3.63, 3.8) is 0 Å². The highest BCUT2D eigenvalue weighted by Crippen LogP contribution is 2.12. The number of halogens is 1. The molecule has 92 valence electrons. The van der Waals surface area contributed by atoms with E-state index in [1.54, 1.807) is 12.1 Å². The number of carbonyl (C=O) groups is 1. The van der Waals surface area contributed by atoms with Crippen LogP contribution in [0.2, 0.25) is 5.02 Å². The molecule has 1 saturated heterocycles. The van der Waals surface area contributed by atoms with E-state index in [4.69, 9.17) is 16.3 Å². The largest absolute Gasteiger partial charge is 0.460 e. The van der Waals surface area contributed by atoms with Crippen LogP contribution in [0.25, 0.3) is 0 Å². The van der Waals surface area contributed by atoms with Crippen LogP contribution in [0.5, 0.6) is 0 Å². The first-order chi connectivity index (χ1) is 8.25. The minimum absolute atomic E-state index is 0.129. The fourth-order valence-corrected chi connectivity index (χ4v) is 2.01. The van der Waals surface area contributed by atoms with Crippen molar-refractivity contribution in [3.05, 3.63) is 34.9 Å². The van der Waals surface area contributed by atoms with E-state index in [9.17, 15) is 4.79 Å². The summed E-state index contributed by atoms with van der Waals surface area (Å²) in [6.45, 7) is 1.22. The average molecular weight is 254 g/mol. The molecule has 3 nitrogen and oxygen atoms in total. The summed E-state index contributed by atoms with van der Waals surface area (Å²) in [4.78, 5) is 11.7. The van der Waals surface area contributed by atoms with Gasteiger partial charge in [-0.15, -0.1) is 0 Å². The molecule has 1 heterocycles. The SMILES string of the molecule is O=C(OCc1ccc(Cl)cc1)C1CCCCN1. The van der Waals surface area contributed by atoms with Crippen molar-refractivity contribution in [2.75, 3.05) is 6.54 Å². The zero-order valence-corrected chi connectivity index (χ0v) is 10.4. The third kappa shape index (κ3) is 3.72. The van der Waals surface area contributed by atoms with Gasteiger partial charge < -0.3 is 10.1 Å². The number of hydrogen-bond acceptors (Lipinski definition) is 3. The van der Waals surface area contributed by atoms with E-state index >= 15 is 0 Å². The maximum atomic E-state index is 11.7. The molecule has 1 unspecified atom stereocenters. The molecule has 0 saturated carbocycles. The van der Waals surface area contributed by atoms with Crippen LogP contribution >= 0.6 is 11.6 Å². The lowest BCUT2D eigenvalue weighted by Crippen LogP contribution is -2.41. The maximum Gasteiger partial charge on any atom is 0.323 e. The second kappa shape index (κ2) is 6.03. The topological polar surface area (TPSA) is 38.3 Å². The second-order valence-corrected chi connectivity index (χ2v) is 4.67. The summed E-state index contributed by atoms with van der Waals surface area (Å²) in [7, 11) is 0. The van der Waals surface area contributed by atoms with E-state index in [0.29, 0.717) is 11.6 Å². The van der Waals surface area contributed by atoms with Gasteiger partial charge in [0.2, 0.25) is 0 Å². The van der Waals surface area contributed by atoms with Gasteiger partial charge in [0.05, 0.1) is 0 Å². The summed E-state index contributed by atoms with van der Waals surface area (Å²) in [6, 6.07) is 7.19. The zero-order chi connectivity index (χ0) is 12.1. The van der Waals surface area contributed by atoms with Crippen molar-refractivity contribution >= 4 is 17.6 Å². The number of esters is 1. The van der Waals surface area contributed by atoms with Crippen LogP contribution in [-0.4, -0.2) is 18.6 Å². The highest BCUT2D eigenvalue weighted by Gasteiger charge is 2.21. The molecule has 1 fully saturated rings. The molecule has 0 bridgehead atoms. The summed E-state index contributed by atoms with van der Waals surface area (Å²) >= 11 is 5.78. The Morgan fingerprint density at radius 2 is 2.12 bits per heavy atom. The minimum Gasteiger partial charge on any atom is -0.460 e. The number of piperidine rings is 1. The zero-order valence-electron chi connectivity index (χ0n) is 9.62. The molecule has 0 radical (unpaired) electrons. The second-order valence-electron chi connectivity index (χ2n) is 4.24. The normalized spacial score (nSPS) is 19.9. The molecule has 0 aliphatic carbocycles. The quantitative estimate of drug-likeness (QED) is 0.842. The van der Waals surface area contributed by atoms with Gasteiger partial charge in [0.1, 0.15) is 12.6 Å². The van der Waals surface area contributed by atoms with Crippen LogP contribution in [0.1, 0.15) is 24.8 Å². The van der Waals surface area contributed by atoms with E-state index in [1.807, 2.05) is 12.1 Å². The number of carbonyl (C=O) groups excluding carboxylic acids is 1. The fourth-order valence-electron chi connectivity index (χ4n) is 1.89. The molecule has 1 aliphatic heterocycles. The van der Waals surface area contributed by atoms with Crippen LogP contribution in [0.15, 0.2) is 24.3 Å². The fraction of sp³-hybridized carbons (Fsp3) is 0.462. The molecule has 1 atom stereocenters. The smallest absolute Gasteiger partial charge is 0.323 e. The maximum absolute atomic E-state index is 11.7. The van der Waals surface area contributed by atoms with Crippen molar-refractivity contribution in [2.24, 2.45) is 0 Å². The van der Waals surface area contributed by atoms with Crippen molar-refractivity contribution in [1.82, 2.24) is 5.32 Å². The summed E-state index contributed by atoms with van der Waals surface area (Å²) in [6.07, 6.45) is 3.11. The monoisotopic (exact) mass is 253 g/mol. The van der Waals surface area contributed by atoms with Gasteiger partial charge in [-0.25, -0.2) is 0 Å². The first-order valence-corrected chi connectivity index (χ1v) is 6.28. The predicted octanol–water partition coefficient (Wildman–Crippen LogP) is 2.53. The molecule has 4 heteroatoms. The number of nitrogens with one attached hydrogen (secondary N) is 1. The summed E-state index contributed by atoms with van der Waals surface area (Å²) in [5.41, 5.74) is 0.957. The molecule has 0 aromatic heterocycles. The molecular weight excluding hydrogens is 238 g/mol. The standard InChI is InChI=1S/C13H16ClNO2/c14-11-6-4-10(5-7-11)9-17-13(16)12-3-1-2-8-15-12/h4-7,12,15H,1-3,8-9H2. The highest BCUT2D eigenvalue weighted by molar-refractivity contribution is 6.30. The molecule has 1 aliphatic rings. The average Bonchev–Trinajstić information content (AvgIpc) is 2.39. The van der Waals surface area contributed by atoms with Crippen LogP contribution in [0, 0.1) is 0 Å². The third-order valence-electron chi connectivity index (χ3n) is 2.89. The van der Waals surface area contributed by atoms with Crippen LogP contribution in [-0.2, 0) is 16.1 Å². The highest BCUT2D eigenvalue weighted by atomic mass is 35.5. The van der Waals surface area contributed by atoms with E-state index in [-0.39, 0.29) is 12.0 Å². The third-order valence-corrected chi connectivity index (χ3v) is 3.14. The number of ether oxygens (including phenoxy) is 1. The van der Waals surface area contributed by atoms with Crippen LogP contribution < -0.4 is 5.32 Å². The number of rotatable bonds is 3. The Morgan fingerprint density at radius 1 is 1.35 bits per heavy atom. The number of hydrogen-bond donors (Lipinski definition) is 1. The van der Waals surface area contributed by atoms with E-state index in [0.717, 1.165) is 31.4 Å². The van der Waals surface area contributed by atoms with Gasteiger partial charge in [-0.2, -0.15) is 0 Å². The molecule has 2 rings (SSSR count). The Kier molecular flexibility index (Phi) is 4.40. The lowest BCUT2D eigenvalue weighted by Gasteiger charge is -2.21. The van der Waals surface area contributed by atoms with Gasteiger partial charge in [-0.3, -0.25) is 4.79 Å². The van der Waals surface area contributed by atoms with Crippen molar-refractivity contribution in [2.45, 2.75) is 31.9 Å². The van der Waals surface area contributed by atoms with Crippen molar-refractivity contribution < 1.29 is 9.53 Å². The molecule has 0 amide bonds. The molecule has 1 aromatic carbocycles. The van der Waals surface area contributed by atoms with E-state index < -0.39 is 0 Å². The molecule has 1 aromatic rings. The molecular formula is C13H16ClNO2. The lowest BCUT2D eigenvalue weighted by molar-refractivity contribution is -0.148. The van der Waals surface area contributed by atoms with Crippen LogP contribution in [0.3, 0.4) is 0 Å². The predicted molar refractivity (Wildman–Crippen MR) is 66.9 cm³/mol. The van der Waals surface area contributed by atoms with Gasteiger partial charge in [0.15, 0.2) is 0 Å². The Balaban J connectivity index is 1.81. The first kappa shape index (κ1) is 12.4. The Bertz CT molecular complexity index is 372. The molecule has 17 heavy (non-hydrogen) atoms. The Hall–Kier alpha value is -1.06. The number of benzene rings is 1. The summed E-state index contributed by atoms with van der Waals surface area (Å²) in [5, 5.41) is 3.86. The summed E-state index contributed by atoms with van der Waals surface area (Å²) in [5.74, 6) is -0.153. The minimum atomic E-state index is -0.153. The van der Waals surface area contributed by atoms with E-state index in [2.05, 4.69) is 5.32 Å². The first-order valence-electron chi connectivity index (χ1n) is 5.90. The summed E-state index contributed by atoms with van der Waals surface area (Å²) < 4.78 is 5.26. The van der Waals surface area contributed by atoms with Gasteiger partial charge in [0, 0.05) is 5.02 Å². The lowest BCUT2D eigenvalue weighted by atomic mass is 10.1.